The molecular weight excluding hydrogens is 416 g/mol. The third-order valence-electron chi connectivity index (χ3n) is 4.72. The molecule has 28 heavy (non-hydrogen) atoms. The Morgan fingerprint density at radius 2 is 1.68 bits per heavy atom. The number of amides is 2. The van der Waals surface area contributed by atoms with E-state index in [4.69, 9.17) is 0 Å². The molecule has 4 nitrogen and oxygen atoms in total. The highest BCUT2D eigenvalue weighted by atomic mass is 79.9. The Kier molecular flexibility index (Phi) is 8.24. The Labute approximate surface area is 176 Å². The van der Waals surface area contributed by atoms with E-state index in [1.807, 2.05) is 69.3 Å². The molecule has 0 heterocycles. The molecule has 1 unspecified atom stereocenters. The quantitative estimate of drug-likeness (QED) is 0.651. The van der Waals surface area contributed by atoms with E-state index in [0.717, 1.165) is 21.2 Å². The third-order valence-corrected chi connectivity index (χ3v) is 5.25. The van der Waals surface area contributed by atoms with Crippen molar-refractivity contribution in [3.05, 3.63) is 69.7 Å². The molecule has 5 heteroatoms. The van der Waals surface area contributed by atoms with Gasteiger partial charge in [0.05, 0.1) is 6.42 Å². The van der Waals surface area contributed by atoms with Crippen molar-refractivity contribution in [2.45, 2.75) is 46.7 Å². The van der Waals surface area contributed by atoms with Crippen LogP contribution in [0.5, 0.6) is 0 Å². The van der Waals surface area contributed by atoms with Gasteiger partial charge in [-0.25, -0.2) is 0 Å². The van der Waals surface area contributed by atoms with Crippen molar-refractivity contribution in [2.24, 2.45) is 5.92 Å². The van der Waals surface area contributed by atoms with Gasteiger partial charge in [-0.15, -0.1) is 0 Å². The van der Waals surface area contributed by atoms with Gasteiger partial charge in [0, 0.05) is 17.6 Å². The van der Waals surface area contributed by atoms with E-state index in [1.165, 1.54) is 0 Å². The molecule has 150 valence electrons. The molecule has 0 bridgehead atoms. The smallest absolute Gasteiger partial charge is 0.242 e. The van der Waals surface area contributed by atoms with Crippen molar-refractivity contribution in [1.82, 2.24) is 10.2 Å². The minimum absolute atomic E-state index is 0.0515. The Hall–Kier alpha value is -2.14. The first kappa shape index (κ1) is 22.2. The van der Waals surface area contributed by atoms with Gasteiger partial charge in [-0.1, -0.05) is 66.2 Å². The number of halogens is 1. The monoisotopic (exact) mass is 444 g/mol. The first-order chi connectivity index (χ1) is 13.3. The second-order valence-electron chi connectivity index (χ2n) is 7.57. The molecule has 1 N–H and O–H groups in total. The lowest BCUT2D eigenvalue weighted by Gasteiger charge is -2.29. The van der Waals surface area contributed by atoms with Crippen LogP contribution in [0.4, 0.5) is 0 Å². The molecule has 0 aromatic heterocycles. The van der Waals surface area contributed by atoms with Gasteiger partial charge in [-0.2, -0.15) is 0 Å². The van der Waals surface area contributed by atoms with Gasteiger partial charge in [-0.05, 0) is 48.6 Å². The number of nitrogens with zero attached hydrogens (tertiary/aromatic N) is 1. The largest absolute Gasteiger partial charge is 0.354 e. The Morgan fingerprint density at radius 3 is 2.29 bits per heavy atom. The van der Waals surface area contributed by atoms with Crippen molar-refractivity contribution >= 4 is 27.7 Å². The van der Waals surface area contributed by atoms with Crippen molar-refractivity contribution < 1.29 is 9.59 Å². The Bertz CT molecular complexity index is 803. The number of hydrogen-bond acceptors (Lipinski definition) is 2. The molecule has 0 saturated heterocycles. The lowest BCUT2D eigenvalue weighted by atomic mass is 10.0. The molecule has 2 aromatic rings. The molecular formula is C23H29BrN2O2. The summed E-state index contributed by atoms with van der Waals surface area (Å²) in [5.74, 6) is 0.187. The van der Waals surface area contributed by atoms with Crippen LogP contribution in [-0.4, -0.2) is 29.3 Å². The van der Waals surface area contributed by atoms with Crippen molar-refractivity contribution in [1.29, 1.82) is 0 Å². The minimum Gasteiger partial charge on any atom is -0.354 e. The van der Waals surface area contributed by atoms with Crippen LogP contribution in [0.3, 0.4) is 0 Å². The van der Waals surface area contributed by atoms with Crippen molar-refractivity contribution in [2.75, 3.05) is 6.54 Å². The fourth-order valence-electron chi connectivity index (χ4n) is 2.89. The summed E-state index contributed by atoms with van der Waals surface area (Å²) in [5.41, 5.74) is 3.06. The van der Waals surface area contributed by atoms with Gasteiger partial charge in [-0.3, -0.25) is 9.59 Å². The van der Waals surface area contributed by atoms with E-state index in [2.05, 4.69) is 21.2 Å². The molecule has 2 amide bonds. The lowest BCUT2D eigenvalue weighted by Crippen LogP contribution is -2.48. The second-order valence-corrected chi connectivity index (χ2v) is 8.48. The molecule has 0 radical (unpaired) electrons. The Balaban J connectivity index is 2.21. The van der Waals surface area contributed by atoms with Crippen LogP contribution in [0.2, 0.25) is 0 Å². The number of carbonyl (C=O) groups is 2. The number of hydrogen-bond donors (Lipinski definition) is 1. The van der Waals surface area contributed by atoms with Crippen LogP contribution in [0, 0.1) is 12.8 Å². The average molecular weight is 445 g/mol. The topological polar surface area (TPSA) is 49.4 Å². The van der Waals surface area contributed by atoms with Gasteiger partial charge in [0.2, 0.25) is 11.8 Å². The minimum atomic E-state index is -0.543. The summed E-state index contributed by atoms with van der Waals surface area (Å²) in [5, 5.41) is 2.95. The standard InChI is InChI=1S/C23H29BrN2O2/c1-16(2)14-25-23(28)18(4)26(15-19-9-11-21(24)12-10-19)22(27)13-20-8-6-5-7-17(20)3/h5-12,16,18H,13-15H2,1-4H3,(H,25,28). The van der Waals surface area contributed by atoms with Crippen LogP contribution < -0.4 is 5.32 Å². The molecule has 2 rings (SSSR count). The molecule has 0 spiro atoms. The number of nitrogens with one attached hydrogen (secondary N) is 1. The van der Waals surface area contributed by atoms with Crippen molar-refractivity contribution in [3.63, 3.8) is 0 Å². The summed E-state index contributed by atoms with van der Waals surface area (Å²) < 4.78 is 0.983. The number of carbonyl (C=O) groups excluding carboxylic acids is 2. The van der Waals surface area contributed by atoms with Crippen LogP contribution in [0.15, 0.2) is 53.0 Å². The van der Waals surface area contributed by atoms with E-state index >= 15 is 0 Å². The number of benzene rings is 2. The number of aryl methyl sites for hydroxylation is 1. The van der Waals surface area contributed by atoms with Gasteiger partial charge < -0.3 is 10.2 Å². The van der Waals surface area contributed by atoms with E-state index in [9.17, 15) is 9.59 Å². The second kappa shape index (κ2) is 10.4. The van der Waals surface area contributed by atoms with E-state index in [-0.39, 0.29) is 18.2 Å². The molecule has 0 aliphatic carbocycles. The molecule has 1 atom stereocenters. The van der Waals surface area contributed by atoms with Gasteiger partial charge in [0.25, 0.3) is 0 Å². The maximum atomic E-state index is 13.2. The van der Waals surface area contributed by atoms with Crippen molar-refractivity contribution in [3.8, 4) is 0 Å². The van der Waals surface area contributed by atoms with Crippen LogP contribution in [0.1, 0.15) is 37.5 Å². The summed E-state index contributed by atoms with van der Waals surface area (Å²) in [6.45, 7) is 8.89. The average Bonchev–Trinajstić information content (AvgIpc) is 2.66. The molecule has 0 fully saturated rings. The highest BCUT2D eigenvalue weighted by Crippen LogP contribution is 2.16. The molecule has 0 aliphatic rings. The molecule has 2 aromatic carbocycles. The fraction of sp³-hybridized carbons (Fsp3) is 0.391. The van der Waals surface area contributed by atoms with Gasteiger partial charge >= 0.3 is 0 Å². The first-order valence-corrected chi connectivity index (χ1v) is 10.4. The zero-order valence-corrected chi connectivity index (χ0v) is 18.6. The highest BCUT2D eigenvalue weighted by molar-refractivity contribution is 9.10. The van der Waals surface area contributed by atoms with E-state index < -0.39 is 6.04 Å². The zero-order chi connectivity index (χ0) is 20.7. The maximum absolute atomic E-state index is 13.2. The zero-order valence-electron chi connectivity index (χ0n) is 17.0. The third kappa shape index (κ3) is 6.48. The summed E-state index contributed by atoms with van der Waals surface area (Å²) in [7, 11) is 0. The van der Waals surface area contributed by atoms with Gasteiger partial charge in [0.1, 0.15) is 6.04 Å². The highest BCUT2D eigenvalue weighted by Gasteiger charge is 2.26. The van der Waals surface area contributed by atoms with Gasteiger partial charge in [0.15, 0.2) is 0 Å². The molecule has 0 saturated carbocycles. The molecule has 0 aliphatic heterocycles. The van der Waals surface area contributed by atoms with E-state index in [1.54, 1.807) is 11.8 Å². The van der Waals surface area contributed by atoms with Crippen LogP contribution >= 0.6 is 15.9 Å². The SMILES string of the molecule is Cc1ccccc1CC(=O)N(Cc1ccc(Br)cc1)C(C)C(=O)NCC(C)C. The summed E-state index contributed by atoms with van der Waals surface area (Å²) in [4.78, 5) is 27.5. The summed E-state index contributed by atoms with van der Waals surface area (Å²) in [6, 6.07) is 15.2. The lowest BCUT2D eigenvalue weighted by molar-refractivity contribution is -0.140. The predicted octanol–water partition coefficient (Wildman–Crippen LogP) is 4.49. The summed E-state index contributed by atoms with van der Waals surface area (Å²) in [6.07, 6.45) is 0.283. The maximum Gasteiger partial charge on any atom is 0.242 e. The predicted molar refractivity (Wildman–Crippen MR) is 117 cm³/mol. The fourth-order valence-corrected chi connectivity index (χ4v) is 3.16. The van der Waals surface area contributed by atoms with E-state index in [0.29, 0.717) is 19.0 Å². The van der Waals surface area contributed by atoms with Crippen LogP contribution in [0.25, 0.3) is 0 Å². The summed E-state index contributed by atoms with van der Waals surface area (Å²) >= 11 is 3.43. The first-order valence-electron chi connectivity index (χ1n) is 9.64. The normalized spacial score (nSPS) is 11.9. The Morgan fingerprint density at radius 1 is 1.04 bits per heavy atom. The van der Waals surface area contributed by atoms with Crippen LogP contribution in [-0.2, 0) is 22.6 Å². The number of rotatable bonds is 8.